The SMILES string of the molecule is O=C(C1CCC2CCCCC2C1)N1CCCC(CCCl)C1. The Labute approximate surface area is 134 Å². The zero-order chi connectivity index (χ0) is 14.7. The molecule has 120 valence electrons. The highest BCUT2D eigenvalue weighted by atomic mass is 35.5. The maximum atomic E-state index is 12.9. The monoisotopic (exact) mass is 311 g/mol. The third kappa shape index (κ3) is 3.75. The molecular formula is C18H30ClNO. The minimum atomic E-state index is 0.333. The molecule has 1 amide bonds. The van der Waals surface area contributed by atoms with Crippen molar-refractivity contribution in [2.45, 2.75) is 64.2 Å². The van der Waals surface area contributed by atoms with Gasteiger partial charge >= 0.3 is 0 Å². The van der Waals surface area contributed by atoms with E-state index in [1.165, 1.54) is 51.4 Å². The van der Waals surface area contributed by atoms with Crippen LogP contribution >= 0.6 is 11.6 Å². The van der Waals surface area contributed by atoms with E-state index >= 15 is 0 Å². The second-order valence-electron chi connectivity index (χ2n) is 7.58. The van der Waals surface area contributed by atoms with Crippen LogP contribution in [0.15, 0.2) is 0 Å². The first kappa shape index (κ1) is 15.6. The summed E-state index contributed by atoms with van der Waals surface area (Å²) in [5.41, 5.74) is 0. The lowest BCUT2D eigenvalue weighted by Gasteiger charge is -2.41. The van der Waals surface area contributed by atoms with Crippen molar-refractivity contribution in [2.24, 2.45) is 23.7 Å². The molecule has 0 spiro atoms. The Bertz CT molecular complexity index is 357. The Morgan fingerprint density at radius 1 is 1.00 bits per heavy atom. The van der Waals surface area contributed by atoms with Crippen molar-refractivity contribution in [1.82, 2.24) is 4.90 Å². The molecule has 0 aromatic rings. The number of alkyl halides is 1. The van der Waals surface area contributed by atoms with Crippen molar-refractivity contribution in [1.29, 1.82) is 0 Å². The van der Waals surface area contributed by atoms with Crippen LogP contribution in [0.5, 0.6) is 0 Å². The minimum Gasteiger partial charge on any atom is -0.342 e. The van der Waals surface area contributed by atoms with Crippen molar-refractivity contribution in [2.75, 3.05) is 19.0 Å². The highest BCUT2D eigenvalue weighted by Gasteiger charge is 2.37. The van der Waals surface area contributed by atoms with Crippen LogP contribution in [0.3, 0.4) is 0 Å². The number of halogens is 1. The fourth-order valence-electron chi connectivity index (χ4n) is 5.01. The largest absolute Gasteiger partial charge is 0.342 e. The first-order chi connectivity index (χ1) is 10.3. The van der Waals surface area contributed by atoms with E-state index in [-0.39, 0.29) is 0 Å². The van der Waals surface area contributed by atoms with Crippen LogP contribution in [0.25, 0.3) is 0 Å². The van der Waals surface area contributed by atoms with Crippen molar-refractivity contribution in [3.05, 3.63) is 0 Å². The number of rotatable bonds is 3. The molecule has 0 N–H and O–H groups in total. The zero-order valence-corrected chi connectivity index (χ0v) is 14.0. The Balaban J connectivity index is 1.55. The Hall–Kier alpha value is -0.240. The van der Waals surface area contributed by atoms with E-state index in [2.05, 4.69) is 4.90 Å². The normalized spacial score (nSPS) is 37.1. The molecule has 21 heavy (non-hydrogen) atoms. The first-order valence-electron chi connectivity index (χ1n) is 9.12. The fourth-order valence-corrected chi connectivity index (χ4v) is 5.32. The number of piperidine rings is 1. The van der Waals surface area contributed by atoms with Gasteiger partial charge in [-0.15, -0.1) is 11.6 Å². The summed E-state index contributed by atoms with van der Waals surface area (Å²) in [6.07, 6.45) is 12.8. The standard InChI is InChI=1S/C18H30ClNO/c19-10-9-14-4-3-11-20(13-14)18(21)17-8-7-15-5-1-2-6-16(15)12-17/h14-17H,1-13H2. The van der Waals surface area contributed by atoms with Crippen LogP contribution in [0.2, 0.25) is 0 Å². The number of hydrogen-bond donors (Lipinski definition) is 0. The summed E-state index contributed by atoms with van der Waals surface area (Å²) in [4.78, 5) is 15.0. The maximum absolute atomic E-state index is 12.9. The van der Waals surface area contributed by atoms with Gasteiger partial charge < -0.3 is 4.90 Å². The predicted molar refractivity (Wildman–Crippen MR) is 87.4 cm³/mol. The zero-order valence-electron chi connectivity index (χ0n) is 13.2. The van der Waals surface area contributed by atoms with E-state index in [1.807, 2.05) is 0 Å². The fraction of sp³-hybridized carbons (Fsp3) is 0.944. The summed E-state index contributed by atoms with van der Waals surface area (Å²) < 4.78 is 0. The molecule has 2 nitrogen and oxygen atoms in total. The molecule has 1 aliphatic heterocycles. The van der Waals surface area contributed by atoms with Crippen LogP contribution in [-0.4, -0.2) is 29.8 Å². The van der Waals surface area contributed by atoms with Crippen molar-refractivity contribution < 1.29 is 4.79 Å². The van der Waals surface area contributed by atoms with Gasteiger partial charge in [-0.1, -0.05) is 25.7 Å². The lowest BCUT2D eigenvalue weighted by atomic mass is 9.67. The molecule has 2 saturated carbocycles. The summed E-state index contributed by atoms with van der Waals surface area (Å²) in [7, 11) is 0. The molecular weight excluding hydrogens is 282 g/mol. The van der Waals surface area contributed by atoms with Crippen LogP contribution in [0, 0.1) is 23.7 Å². The van der Waals surface area contributed by atoms with Crippen molar-refractivity contribution in [3.8, 4) is 0 Å². The molecule has 0 bridgehead atoms. The van der Waals surface area contributed by atoms with E-state index in [0.717, 1.165) is 43.6 Å². The maximum Gasteiger partial charge on any atom is 0.225 e. The Morgan fingerprint density at radius 3 is 2.62 bits per heavy atom. The predicted octanol–water partition coefficient (Wildman–Crippen LogP) is 4.46. The van der Waals surface area contributed by atoms with Gasteiger partial charge in [0.1, 0.15) is 0 Å². The van der Waals surface area contributed by atoms with E-state index in [4.69, 9.17) is 11.6 Å². The number of carbonyl (C=O) groups excluding carboxylic acids is 1. The molecule has 4 unspecified atom stereocenters. The topological polar surface area (TPSA) is 20.3 Å². The van der Waals surface area contributed by atoms with E-state index < -0.39 is 0 Å². The van der Waals surface area contributed by atoms with Gasteiger partial charge in [0.15, 0.2) is 0 Å². The molecule has 0 radical (unpaired) electrons. The van der Waals surface area contributed by atoms with Gasteiger partial charge in [-0.3, -0.25) is 4.79 Å². The highest BCUT2D eigenvalue weighted by molar-refractivity contribution is 6.17. The number of carbonyl (C=O) groups is 1. The van der Waals surface area contributed by atoms with Gasteiger partial charge in [-0.2, -0.15) is 0 Å². The van der Waals surface area contributed by atoms with Gasteiger partial charge in [-0.25, -0.2) is 0 Å². The number of nitrogens with zero attached hydrogens (tertiary/aromatic N) is 1. The summed E-state index contributed by atoms with van der Waals surface area (Å²) in [5, 5.41) is 0. The van der Waals surface area contributed by atoms with E-state index in [1.54, 1.807) is 0 Å². The molecule has 3 aliphatic rings. The lowest BCUT2D eigenvalue weighted by Crippen LogP contribution is -2.45. The second-order valence-corrected chi connectivity index (χ2v) is 7.96. The van der Waals surface area contributed by atoms with Gasteiger partial charge in [0.05, 0.1) is 0 Å². The molecule has 3 rings (SSSR count). The number of fused-ring (bicyclic) bond motifs is 1. The summed E-state index contributed by atoms with van der Waals surface area (Å²) in [6.45, 7) is 1.96. The van der Waals surface area contributed by atoms with Crippen molar-refractivity contribution in [3.63, 3.8) is 0 Å². The molecule has 3 fully saturated rings. The summed E-state index contributed by atoms with van der Waals surface area (Å²) in [5.74, 6) is 3.97. The number of hydrogen-bond acceptors (Lipinski definition) is 1. The average molecular weight is 312 g/mol. The molecule has 1 saturated heterocycles. The van der Waals surface area contributed by atoms with Gasteiger partial charge in [-0.05, 0) is 56.3 Å². The smallest absolute Gasteiger partial charge is 0.225 e. The third-order valence-corrected chi connectivity index (χ3v) is 6.46. The molecule has 4 atom stereocenters. The average Bonchev–Trinajstić information content (AvgIpc) is 2.54. The van der Waals surface area contributed by atoms with Crippen LogP contribution in [0.4, 0.5) is 0 Å². The van der Waals surface area contributed by atoms with Gasteiger partial charge in [0.25, 0.3) is 0 Å². The third-order valence-electron chi connectivity index (χ3n) is 6.24. The van der Waals surface area contributed by atoms with Gasteiger partial charge in [0, 0.05) is 24.9 Å². The first-order valence-corrected chi connectivity index (χ1v) is 9.66. The van der Waals surface area contributed by atoms with Gasteiger partial charge in [0.2, 0.25) is 5.91 Å². The van der Waals surface area contributed by atoms with Crippen LogP contribution < -0.4 is 0 Å². The Kier molecular flexibility index (Phi) is 5.48. The van der Waals surface area contributed by atoms with Crippen LogP contribution in [-0.2, 0) is 4.79 Å². The lowest BCUT2D eigenvalue weighted by molar-refractivity contribution is -0.139. The quantitative estimate of drug-likeness (QED) is 0.705. The summed E-state index contributed by atoms with van der Waals surface area (Å²) >= 11 is 5.88. The van der Waals surface area contributed by atoms with E-state index in [0.29, 0.717) is 17.7 Å². The molecule has 2 aliphatic carbocycles. The van der Waals surface area contributed by atoms with E-state index in [9.17, 15) is 4.79 Å². The number of amides is 1. The summed E-state index contributed by atoms with van der Waals surface area (Å²) in [6, 6.07) is 0. The Morgan fingerprint density at radius 2 is 1.81 bits per heavy atom. The molecule has 1 heterocycles. The van der Waals surface area contributed by atoms with Crippen LogP contribution in [0.1, 0.15) is 64.2 Å². The highest BCUT2D eigenvalue weighted by Crippen LogP contribution is 2.43. The molecule has 0 aromatic carbocycles. The number of likely N-dealkylation sites (tertiary alicyclic amines) is 1. The minimum absolute atomic E-state index is 0.333. The molecule has 3 heteroatoms. The molecule has 0 aromatic heterocycles. The second kappa shape index (κ2) is 7.35. The van der Waals surface area contributed by atoms with Crippen molar-refractivity contribution >= 4 is 17.5 Å².